The molecule has 0 spiro atoms. The quantitative estimate of drug-likeness (QED) is 0.797. The lowest BCUT2D eigenvalue weighted by Crippen LogP contribution is -2.09. The Hall–Kier alpha value is -2.66. The first-order chi connectivity index (χ1) is 9.52. The van der Waals surface area contributed by atoms with Gasteiger partial charge in [-0.25, -0.2) is 9.59 Å². The first-order valence-electron chi connectivity index (χ1n) is 5.76. The number of carboxylic acid groups (broad SMARTS) is 2. The summed E-state index contributed by atoms with van der Waals surface area (Å²) >= 11 is 0. The molecular weight excluding hydrogens is 260 g/mol. The topological polar surface area (TPSA) is 94.8 Å². The fraction of sp³-hybridized carbons (Fsp3) is 0.0667. The van der Waals surface area contributed by atoms with Crippen LogP contribution in [0.15, 0.2) is 60.7 Å². The van der Waals surface area contributed by atoms with E-state index in [-0.39, 0.29) is 0 Å². The summed E-state index contributed by atoms with van der Waals surface area (Å²) in [7, 11) is 0. The van der Waals surface area contributed by atoms with E-state index >= 15 is 0 Å². The van der Waals surface area contributed by atoms with Crippen molar-refractivity contribution in [3.63, 3.8) is 0 Å². The van der Waals surface area contributed by atoms with E-state index in [1.54, 1.807) is 60.7 Å². The third kappa shape index (κ3) is 4.91. The van der Waals surface area contributed by atoms with Crippen molar-refractivity contribution in [2.24, 2.45) is 0 Å². The van der Waals surface area contributed by atoms with Gasteiger partial charge in [0.1, 0.15) is 0 Å². The standard InChI is InChI=1S/C8H8O3.C7H6O2/c9-7(8(10)11)6-4-2-1-3-5-6;8-7(9)6-4-2-1-3-5-6/h1-5,7,9H,(H,10,11);1-5H,(H,8,9). The molecule has 20 heavy (non-hydrogen) atoms. The molecule has 0 amide bonds. The Morgan fingerprint density at radius 2 is 1.25 bits per heavy atom. The summed E-state index contributed by atoms with van der Waals surface area (Å²) in [6.45, 7) is 0. The van der Waals surface area contributed by atoms with Gasteiger partial charge in [-0.05, 0) is 17.7 Å². The lowest BCUT2D eigenvalue weighted by atomic mass is 10.1. The van der Waals surface area contributed by atoms with Crippen LogP contribution in [-0.4, -0.2) is 27.3 Å². The molecule has 5 heteroatoms. The third-order valence-corrected chi connectivity index (χ3v) is 2.37. The molecule has 0 aliphatic rings. The predicted octanol–water partition coefficient (Wildman–Crippen LogP) is 2.19. The summed E-state index contributed by atoms with van der Waals surface area (Å²) in [5, 5.41) is 25.8. The maximum Gasteiger partial charge on any atom is 0.337 e. The van der Waals surface area contributed by atoms with Gasteiger partial charge in [0.05, 0.1) is 5.56 Å². The number of aromatic carboxylic acids is 1. The van der Waals surface area contributed by atoms with Gasteiger partial charge in [-0.1, -0.05) is 48.5 Å². The van der Waals surface area contributed by atoms with Crippen molar-refractivity contribution < 1.29 is 24.9 Å². The fourth-order valence-corrected chi connectivity index (χ4v) is 1.36. The lowest BCUT2D eigenvalue weighted by molar-refractivity contribution is -0.146. The summed E-state index contributed by atoms with van der Waals surface area (Å²) in [6.07, 6.45) is -1.41. The molecular formula is C15H14O5. The number of carboxylic acids is 2. The summed E-state index contributed by atoms with van der Waals surface area (Å²) in [4.78, 5) is 20.5. The second kappa shape index (κ2) is 7.70. The highest BCUT2D eigenvalue weighted by atomic mass is 16.4. The maximum absolute atomic E-state index is 10.2. The average Bonchev–Trinajstić information content (AvgIpc) is 2.49. The number of aliphatic hydroxyl groups is 1. The van der Waals surface area contributed by atoms with Gasteiger partial charge in [-0.3, -0.25) is 0 Å². The van der Waals surface area contributed by atoms with Gasteiger partial charge >= 0.3 is 11.9 Å². The second-order valence-electron chi connectivity index (χ2n) is 3.82. The highest BCUT2D eigenvalue weighted by Crippen LogP contribution is 2.10. The van der Waals surface area contributed by atoms with Gasteiger partial charge < -0.3 is 15.3 Å². The minimum atomic E-state index is -1.41. The largest absolute Gasteiger partial charge is 0.479 e. The summed E-state index contributed by atoms with van der Waals surface area (Å²) in [5.41, 5.74) is 0.734. The van der Waals surface area contributed by atoms with Crippen LogP contribution >= 0.6 is 0 Å². The van der Waals surface area contributed by atoms with Crippen LogP contribution in [0.3, 0.4) is 0 Å². The predicted molar refractivity (Wildman–Crippen MR) is 72.4 cm³/mol. The van der Waals surface area contributed by atoms with E-state index in [2.05, 4.69) is 0 Å². The molecule has 0 aliphatic heterocycles. The number of carbonyl (C=O) groups is 2. The fourth-order valence-electron chi connectivity index (χ4n) is 1.36. The van der Waals surface area contributed by atoms with E-state index in [4.69, 9.17) is 15.3 Å². The Labute approximate surface area is 115 Å². The summed E-state index contributed by atoms with van der Waals surface area (Å²) in [6, 6.07) is 16.6. The van der Waals surface area contributed by atoms with Crippen molar-refractivity contribution in [3.05, 3.63) is 71.8 Å². The molecule has 0 heterocycles. The Morgan fingerprint density at radius 1 is 0.800 bits per heavy atom. The monoisotopic (exact) mass is 274 g/mol. The molecule has 3 N–H and O–H groups in total. The van der Waals surface area contributed by atoms with Gasteiger partial charge in [-0.15, -0.1) is 0 Å². The molecule has 2 rings (SSSR count). The van der Waals surface area contributed by atoms with Crippen molar-refractivity contribution in [2.45, 2.75) is 6.10 Å². The number of benzene rings is 2. The maximum atomic E-state index is 10.2. The number of aliphatic hydroxyl groups excluding tert-OH is 1. The SMILES string of the molecule is O=C(O)C(O)c1ccccc1.O=C(O)c1ccccc1. The van der Waals surface area contributed by atoms with E-state index < -0.39 is 18.0 Å². The van der Waals surface area contributed by atoms with Gasteiger partial charge in [-0.2, -0.15) is 0 Å². The molecule has 1 unspecified atom stereocenters. The lowest BCUT2D eigenvalue weighted by Gasteiger charge is -2.03. The number of hydrogen-bond acceptors (Lipinski definition) is 3. The number of aliphatic carboxylic acids is 1. The summed E-state index contributed by atoms with van der Waals surface area (Å²) in [5.74, 6) is -2.10. The zero-order chi connectivity index (χ0) is 15.0. The molecule has 0 saturated heterocycles. The van der Waals surface area contributed by atoms with E-state index in [1.807, 2.05) is 0 Å². The van der Waals surface area contributed by atoms with Crippen LogP contribution in [0.1, 0.15) is 22.0 Å². The van der Waals surface area contributed by atoms with Crippen molar-refractivity contribution in [3.8, 4) is 0 Å². The van der Waals surface area contributed by atoms with Crippen LogP contribution in [0.5, 0.6) is 0 Å². The van der Waals surface area contributed by atoms with Crippen LogP contribution < -0.4 is 0 Å². The van der Waals surface area contributed by atoms with Crippen LogP contribution in [0.4, 0.5) is 0 Å². The Bertz CT molecular complexity index is 551. The molecule has 2 aromatic rings. The molecule has 0 aromatic heterocycles. The zero-order valence-corrected chi connectivity index (χ0v) is 10.5. The third-order valence-electron chi connectivity index (χ3n) is 2.37. The van der Waals surface area contributed by atoms with E-state index in [0.717, 1.165) is 0 Å². The number of hydrogen-bond donors (Lipinski definition) is 3. The molecule has 0 bridgehead atoms. The van der Waals surface area contributed by atoms with E-state index in [1.165, 1.54) is 0 Å². The Morgan fingerprint density at radius 3 is 1.60 bits per heavy atom. The molecule has 0 aliphatic carbocycles. The van der Waals surface area contributed by atoms with Crippen LogP contribution in [0.25, 0.3) is 0 Å². The van der Waals surface area contributed by atoms with E-state index in [0.29, 0.717) is 11.1 Å². The Kier molecular flexibility index (Phi) is 5.93. The van der Waals surface area contributed by atoms with Crippen molar-refractivity contribution in [1.29, 1.82) is 0 Å². The first kappa shape index (κ1) is 15.4. The number of rotatable bonds is 3. The molecule has 0 fully saturated rings. The summed E-state index contributed by atoms with van der Waals surface area (Å²) < 4.78 is 0. The molecule has 0 radical (unpaired) electrons. The molecule has 1 atom stereocenters. The van der Waals surface area contributed by atoms with E-state index in [9.17, 15) is 9.59 Å². The molecule has 5 nitrogen and oxygen atoms in total. The smallest absolute Gasteiger partial charge is 0.337 e. The molecule has 0 saturated carbocycles. The van der Waals surface area contributed by atoms with Crippen molar-refractivity contribution in [1.82, 2.24) is 0 Å². The van der Waals surface area contributed by atoms with Crippen LogP contribution in [0.2, 0.25) is 0 Å². The highest BCUT2D eigenvalue weighted by Gasteiger charge is 2.14. The normalized spacial score (nSPS) is 10.8. The van der Waals surface area contributed by atoms with Gasteiger partial charge in [0, 0.05) is 0 Å². The minimum absolute atomic E-state index is 0.331. The molecule has 104 valence electrons. The van der Waals surface area contributed by atoms with Gasteiger partial charge in [0.15, 0.2) is 6.10 Å². The van der Waals surface area contributed by atoms with Gasteiger partial charge in [0.2, 0.25) is 0 Å². The zero-order valence-electron chi connectivity index (χ0n) is 10.5. The highest BCUT2D eigenvalue weighted by molar-refractivity contribution is 5.87. The van der Waals surface area contributed by atoms with Crippen molar-refractivity contribution in [2.75, 3.05) is 0 Å². The van der Waals surface area contributed by atoms with Crippen LogP contribution in [0, 0.1) is 0 Å². The van der Waals surface area contributed by atoms with Crippen LogP contribution in [-0.2, 0) is 4.79 Å². The average molecular weight is 274 g/mol. The molecule has 2 aromatic carbocycles. The Balaban J connectivity index is 0.000000204. The minimum Gasteiger partial charge on any atom is -0.479 e. The second-order valence-corrected chi connectivity index (χ2v) is 3.82. The van der Waals surface area contributed by atoms with Crippen molar-refractivity contribution >= 4 is 11.9 Å². The first-order valence-corrected chi connectivity index (χ1v) is 5.76. The van der Waals surface area contributed by atoms with Gasteiger partial charge in [0.25, 0.3) is 0 Å².